The summed E-state index contributed by atoms with van der Waals surface area (Å²) in [6.07, 6.45) is 1.62. The molecule has 0 spiro atoms. The number of rotatable bonds is 3. The standard InChI is InChI=1S/C11H9ClN2O2/c12-9-4-2-1-3-8(9)7-14-6-5-10(13-14)11(15)16/h1-6H,7H2,(H,15,16). The number of nitrogens with zero attached hydrogens (tertiary/aromatic N) is 2. The summed E-state index contributed by atoms with van der Waals surface area (Å²) in [6.45, 7) is 0.465. The largest absolute Gasteiger partial charge is 0.476 e. The van der Waals surface area contributed by atoms with E-state index in [1.54, 1.807) is 16.9 Å². The predicted octanol–water partition coefficient (Wildman–Crippen LogP) is 2.28. The number of hydrogen-bond donors (Lipinski definition) is 1. The SMILES string of the molecule is O=C(O)c1ccn(Cc2ccccc2Cl)n1. The molecular weight excluding hydrogens is 228 g/mol. The summed E-state index contributed by atoms with van der Waals surface area (Å²) in [4.78, 5) is 10.6. The fraction of sp³-hybridized carbons (Fsp3) is 0.0909. The van der Waals surface area contributed by atoms with E-state index in [1.807, 2.05) is 18.2 Å². The van der Waals surface area contributed by atoms with Crippen LogP contribution in [0.1, 0.15) is 16.1 Å². The minimum absolute atomic E-state index is 0.0343. The summed E-state index contributed by atoms with van der Waals surface area (Å²) in [5, 5.41) is 13.3. The number of aromatic nitrogens is 2. The molecule has 0 saturated carbocycles. The van der Waals surface area contributed by atoms with Crippen LogP contribution >= 0.6 is 11.6 Å². The van der Waals surface area contributed by atoms with E-state index in [0.717, 1.165) is 5.56 Å². The molecule has 5 heteroatoms. The molecule has 0 atom stereocenters. The quantitative estimate of drug-likeness (QED) is 0.890. The molecule has 0 fully saturated rings. The molecule has 0 aliphatic heterocycles. The first-order valence-electron chi connectivity index (χ1n) is 4.67. The smallest absolute Gasteiger partial charge is 0.356 e. The van der Waals surface area contributed by atoms with E-state index >= 15 is 0 Å². The van der Waals surface area contributed by atoms with Gasteiger partial charge in [0, 0.05) is 11.2 Å². The van der Waals surface area contributed by atoms with Crippen LogP contribution in [0.4, 0.5) is 0 Å². The van der Waals surface area contributed by atoms with Gasteiger partial charge in [0.05, 0.1) is 6.54 Å². The molecule has 0 bridgehead atoms. The lowest BCUT2D eigenvalue weighted by atomic mass is 10.2. The van der Waals surface area contributed by atoms with Crippen LogP contribution in [0.3, 0.4) is 0 Å². The van der Waals surface area contributed by atoms with Gasteiger partial charge in [-0.05, 0) is 17.7 Å². The average molecular weight is 237 g/mol. The van der Waals surface area contributed by atoms with Crippen LogP contribution in [0.25, 0.3) is 0 Å². The number of aromatic carboxylic acids is 1. The number of halogens is 1. The van der Waals surface area contributed by atoms with Crippen molar-refractivity contribution >= 4 is 17.6 Å². The van der Waals surface area contributed by atoms with Gasteiger partial charge in [-0.2, -0.15) is 5.10 Å². The first-order chi connectivity index (χ1) is 7.66. The van der Waals surface area contributed by atoms with Crippen LogP contribution in [0.5, 0.6) is 0 Å². The predicted molar refractivity (Wildman–Crippen MR) is 59.7 cm³/mol. The highest BCUT2D eigenvalue weighted by molar-refractivity contribution is 6.31. The minimum Gasteiger partial charge on any atom is -0.476 e. The third-order valence-corrected chi connectivity index (χ3v) is 2.52. The van der Waals surface area contributed by atoms with Crippen molar-refractivity contribution in [3.05, 3.63) is 52.8 Å². The van der Waals surface area contributed by atoms with Crippen molar-refractivity contribution in [2.45, 2.75) is 6.54 Å². The minimum atomic E-state index is -1.03. The number of carboxylic acids is 1. The van der Waals surface area contributed by atoms with Gasteiger partial charge in [0.15, 0.2) is 5.69 Å². The van der Waals surface area contributed by atoms with Crippen molar-refractivity contribution in [1.29, 1.82) is 0 Å². The summed E-state index contributed by atoms with van der Waals surface area (Å²) in [7, 11) is 0. The highest BCUT2D eigenvalue weighted by atomic mass is 35.5. The number of benzene rings is 1. The Balaban J connectivity index is 2.21. The van der Waals surface area contributed by atoms with Gasteiger partial charge in [-0.3, -0.25) is 4.68 Å². The first kappa shape index (κ1) is 10.7. The maximum absolute atomic E-state index is 10.6. The van der Waals surface area contributed by atoms with Gasteiger partial charge >= 0.3 is 5.97 Å². The molecule has 0 amide bonds. The van der Waals surface area contributed by atoms with E-state index < -0.39 is 5.97 Å². The zero-order valence-electron chi connectivity index (χ0n) is 8.30. The van der Waals surface area contributed by atoms with Crippen LogP contribution in [0.2, 0.25) is 5.02 Å². The monoisotopic (exact) mass is 236 g/mol. The molecule has 4 nitrogen and oxygen atoms in total. The molecule has 16 heavy (non-hydrogen) atoms. The van der Waals surface area contributed by atoms with Gasteiger partial charge in [0.1, 0.15) is 0 Å². The molecule has 0 radical (unpaired) electrons. The third kappa shape index (κ3) is 2.23. The van der Waals surface area contributed by atoms with E-state index in [4.69, 9.17) is 16.7 Å². The lowest BCUT2D eigenvalue weighted by molar-refractivity contribution is 0.0689. The van der Waals surface area contributed by atoms with Crippen LogP contribution in [0.15, 0.2) is 36.5 Å². The zero-order valence-corrected chi connectivity index (χ0v) is 9.05. The van der Waals surface area contributed by atoms with Gasteiger partial charge in [-0.15, -0.1) is 0 Å². The van der Waals surface area contributed by atoms with E-state index in [2.05, 4.69) is 5.10 Å². The lowest BCUT2D eigenvalue weighted by Gasteiger charge is -2.03. The van der Waals surface area contributed by atoms with Crippen molar-refractivity contribution in [2.24, 2.45) is 0 Å². The van der Waals surface area contributed by atoms with Crippen LogP contribution in [-0.4, -0.2) is 20.9 Å². The van der Waals surface area contributed by atoms with E-state index in [9.17, 15) is 4.79 Å². The maximum Gasteiger partial charge on any atom is 0.356 e. The molecule has 0 unspecified atom stereocenters. The Morgan fingerprint density at radius 3 is 2.75 bits per heavy atom. The molecule has 0 aliphatic rings. The Labute approximate surface area is 97.1 Å². The molecule has 0 aliphatic carbocycles. The molecule has 0 saturated heterocycles. The zero-order chi connectivity index (χ0) is 11.5. The van der Waals surface area contributed by atoms with Gasteiger partial charge in [0.25, 0.3) is 0 Å². The van der Waals surface area contributed by atoms with Crippen molar-refractivity contribution in [3.63, 3.8) is 0 Å². The second-order valence-electron chi connectivity index (χ2n) is 3.30. The molecule has 1 N–H and O–H groups in total. The summed E-state index contributed by atoms with van der Waals surface area (Å²) in [5.74, 6) is -1.03. The molecule has 2 aromatic rings. The van der Waals surface area contributed by atoms with E-state index in [-0.39, 0.29) is 5.69 Å². The van der Waals surface area contributed by atoms with Crippen LogP contribution < -0.4 is 0 Å². The topological polar surface area (TPSA) is 55.1 Å². The fourth-order valence-corrected chi connectivity index (χ4v) is 1.56. The van der Waals surface area contributed by atoms with Crippen molar-refractivity contribution < 1.29 is 9.90 Å². The Bertz CT molecular complexity index is 522. The second-order valence-corrected chi connectivity index (χ2v) is 3.70. The van der Waals surface area contributed by atoms with Gasteiger partial charge in [-0.1, -0.05) is 29.8 Å². The first-order valence-corrected chi connectivity index (χ1v) is 5.05. The Morgan fingerprint density at radius 1 is 1.38 bits per heavy atom. The lowest BCUT2D eigenvalue weighted by Crippen LogP contribution is -2.04. The number of carbonyl (C=O) groups is 1. The van der Waals surface area contributed by atoms with Gasteiger partial charge in [0.2, 0.25) is 0 Å². The fourth-order valence-electron chi connectivity index (χ4n) is 1.36. The molecule has 1 aromatic heterocycles. The van der Waals surface area contributed by atoms with E-state index in [1.165, 1.54) is 6.07 Å². The summed E-state index contributed by atoms with van der Waals surface area (Å²) in [6, 6.07) is 8.85. The number of carboxylic acid groups (broad SMARTS) is 1. The second kappa shape index (κ2) is 4.37. The van der Waals surface area contributed by atoms with Crippen LogP contribution in [-0.2, 0) is 6.54 Å². The van der Waals surface area contributed by atoms with Crippen molar-refractivity contribution in [3.8, 4) is 0 Å². The third-order valence-electron chi connectivity index (χ3n) is 2.15. The van der Waals surface area contributed by atoms with Crippen molar-refractivity contribution in [2.75, 3.05) is 0 Å². The summed E-state index contributed by atoms with van der Waals surface area (Å²) in [5.41, 5.74) is 0.941. The van der Waals surface area contributed by atoms with Crippen LogP contribution in [0, 0.1) is 0 Å². The van der Waals surface area contributed by atoms with Gasteiger partial charge < -0.3 is 5.11 Å². The Kier molecular flexibility index (Phi) is 2.92. The highest BCUT2D eigenvalue weighted by Crippen LogP contribution is 2.15. The van der Waals surface area contributed by atoms with Crippen molar-refractivity contribution in [1.82, 2.24) is 9.78 Å². The maximum atomic E-state index is 10.6. The summed E-state index contributed by atoms with van der Waals surface area (Å²) < 4.78 is 1.55. The van der Waals surface area contributed by atoms with Gasteiger partial charge in [-0.25, -0.2) is 4.79 Å². The molecule has 82 valence electrons. The number of hydrogen-bond acceptors (Lipinski definition) is 2. The Morgan fingerprint density at radius 2 is 2.12 bits per heavy atom. The molecular formula is C11H9ClN2O2. The average Bonchev–Trinajstić information content (AvgIpc) is 2.70. The normalized spacial score (nSPS) is 10.3. The molecule has 1 heterocycles. The summed E-state index contributed by atoms with van der Waals surface area (Å²) >= 11 is 5.99. The highest BCUT2D eigenvalue weighted by Gasteiger charge is 2.07. The van der Waals surface area contributed by atoms with E-state index in [0.29, 0.717) is 11.6 Å². The molecule has 1 aromatic carbocycles. The Hall–Kier alpha value is -1.81. The molecule has 2 rings (SSSR count).